The van der Waals surface area contributed by atoms with Crippen LogP contribution < -0.4 is 0 Å². The molecule has 6 nitrogen and oxygen atoms in total. The number of aromatic nitrogens is 2. The van der Waals surface area contributed by atoms with Gasteiger partial charge in [0.1, 0.15) is 0 Å². The van der Waals surface area contributed by atoms with Gasteiger partial charge in [-0.3, -0.25) is 9.78 Å². The number of hydrogen-bond donors (Lipinski definition) is 0. The first-order valence-electron chi connectivity index (χ1n) is 8.55. The molecule has 1 fully saturated rings. The monoisotopic (exact) mass is 420 g/mol. The van der Waals surface area contributed by atoms with Crippen LogP contribution in [0.5, 0.6) is 0 Å². The molecule has 3 heterocycles. The van der Waals surface area contributed by atoms with Crippen LogP contribution in [0.25, 0.3) is 0 Å². The molecular formula is C19H21BrN2O4. The van der Waals surface area contributed by atoms with Gasteiger partial charge < -0.3 is 14.0 Å². The topological polar surface area (TPSA) is 70.4 Å². The lowest BCUT2D eigenvalue weighted by Gasteiger charge is -2.14. The van der Waals surface area contributed by atoms with E-state index in [0.717, 1.165) is 37.4 Å². The lowest BCUT2D eigenvalue weighted by molar-refractivity contribution is 0.0474. The minimum absolute atomic E-state index is 0.199. The Labute approximate surface area is 160 Å². The summed E-state index contributed by atoms with van der Waals surface area (Å²) in [6.45, 7) is 5.13. The highest BCUT2D eigenvalue weighted by Gasteiger charge is 2.22. The van der Waals surface area contributed by atoms with Gasteiger partial charge in [-0.2, -0.15) is 0 Å². The van der Waals surface area contributed by atoms with Crippen LogP contribution in [0.15, 0.2) is 29.0 Å². The predicted molar refractivity (Wildman–Crippen MR) is 99.4 cm³/mol. The molecule has 2 aromatic rings. The molecule has 1 unspecified atom stereocenters. The van der Waals surface area contributed by atoms with Crippen LogP contribution >= 0.6 is 15.9 Å². The van der Waals surface area contributed by atoms with Crippen molar-refractivity contribution in [2.75, 3.05) is 13.2 Å². The van der Waals surface area contributed by atoms with Crippen LogP contribution in [-0.2, 0) is 16.0 Å². The normalized spacial score (nSPS) is 16.7. The molecule has 0 amide bonds. The Morgan fingerprint density at radius 1 is 1.35 bits per heavy atom. The van der Waals surface area contributed by atoms with Gasteiger partial charge in [0.15, 0.2) is 6.61 Å². The van der Waals surface area contributed by atoms with E-state index in [1.165, 1.54) is 6.20 Å². The molecule has 0 aromatic carbocycles. The zero-order chi connectivity index (χ0) is 18.7. The highest BCUT2D eigenvalue weighted by molar-refractivity contribution is 9.10. The molecule has 3 rings (SSSR count). The number of ether oxygens (including phenoxy) is 2. The van der Waals surface area contributed by atoms with Crippen LogP contribution in [0.2, 0.25) is 0 Å². The van der Waals surface area contributed by atoms with Crippen molar-refractivity contribution in [1.82, 2.24) is 9.55 Å². The summed E-state index contributed by atoms with van der Waals surface area (Å²) in [4.78, 5) is 28.5. The minimum atomic E-state index is -0.569. The number of hydrogen-bond acceptors (Lipinski definition) is 5. The Morgan fingerprint density at radius 2 is 2.15 bits per heavy atom. The molecule has 0 spiro atoms. The van der Waals surface area contributed by atoms with E-state index < -0.39 is 5.97 Å². The molecule has 7 heteroatoms. The van der Waals surface area contributed by atoms with Crippen molar-refractivity contribution >= 4 is 27.7 Å². The fourth-order valence-corrected chi connectivity index (χ4v) is 3.54. The van der Waals surface area contributed by atoms with E-state index in [0.29, 0.717) is 15.6 Å². The summed E-state index contributed by atoms with van der Waals surface area (Å²) in [7, 11) is 0. The van der Waals surface area contributed by atoms with E-state index in [1.807, 2.05) is 19.9 Å². The number of aryl methyl sites for hydroxylation is 1. The van der Waals surface area contributed by atoms with Crippen LogP contribution in [0.4, 0.5) is 0 Å². The molecule has 1 aliphatic rings. The summed E-state index contributed by atoms with van der Waals surface area (Å²) in [6, 6.07) is 3.45. The number of carbonyl (C=O) groups excluding carboxylic acids is 2. The molecule has 138 valence electrons. The van der Waals surface area contributed by atoms with Crippen molar-refractivity contribution < 1.29 is 19.1 Å². The standard InChI is InChI=1S/C19H21BrN2O4/c1-12-6-17(13(2)22(12)10-16-4-3-5-25-16)18(23)11-26-19(24)14-7-15(20)9-21-8-14/h6-9,16H,3-5,10-11H2,1-2H3. The molecule has 1 atom stereocenters. The summed E-state index contributed by atoms with van der Waals surface area (Å²) in [6.07, 6.45) is 5.30. The number of ketones is 1. The van der Waals surface area contributed by atoms with Crippen molar-refractivity contribution in [2.45, 2.75) is 39.3 Å². The van der Waals surface area contributed by atoms with Gasteiger partial charge in [0, 0.05) is 47.0 Å². The first-order chi connectivity index (χ1) is 12.5. The van der Waals surface area contributed by atoms with Crippen molar-refractivity contribution in [1.29, 1.82) is 0 Å². The lowest BCUT2D eigenvalue weighted by Crippen LogP contribution is -2.18. The Hall–Kier alpha value is -1.99. The highest BCUT2D eigenvalue weighted by Crippen LogP contribution is 2.21. The third-order valence-corrected chi connectivity index (χ3v) is 4.99. The van der Waals surface area contributed by atoms with Gasteiger partial charge in [0.25, 0.3) is 0 Å². The van der Waals surface area contributed by atoms with E-state index in [2.05, 4.69) is 25.5 Å². The van der Waals surface area contributed by atoms with Crippen molar-refractivity contribution in [3.8, 4) is 0 Å². The Kier molecular flexibility index (Phi) is 5.88. The molecule has 1 saturated heterocycles. The van der Waals surface area contributed by atoms with E-state index in [-0.39, 0.29) is 18.5 Å². The maximum atomic E-state index is 12.5. The minimum Gasteiger partial charge on any atom is -0.454 e. The second kappa shape index (κ2) is 8.14. The molecule has 0 radical (unpaired) electrons. The lowest BCUT2D eigenvalue weighted by atomic mass is 10.1. The molecular weight excluding hydrogens is 400 g/mol. The van der Waals surface area contributed by atoms with Crippen molar-refractivity contribution in [3.63, 3.8) is 0 Å². The second-order valence-electron chi connectivity index (χ2n) is 6.42. The van der Waals surface area contributed by atoms with Crippen LogP contribution in [0, 0.1) is 13.8 Å². The number of rotatable bonds is 6. The zero-order valence-electron chi connectivity index (χ0n) is 14.8. The third-order valence-electron chi connectivity index (χ3n) is 4.56. The first-order valence-corrected chi connectivity index (χ1v) is 9.34. The summed E-state index contributed by atoms with van der Waals surface area (Å²) in [5.41, 5.74) is 2.77. The van der Waals surface area contributed by atoms with Gasteiger partial charge >= 0.3 is 5.97 Å². The molecule has 0 N–H and O–H groups in total. The van der Waals surface area contributed by atoms with Crippen LogP contribution in [0.1, 0.15) is 44.9 Å². The molecule has 0 aliphatic carbocycles. The number of esters is 1. The zero-order valence-corrected chi connectivity index (χ0v) is 16.4. The van der Waals surface area contributed by atoms with Gasteiger partial charge in [0.2, 0.25) is 5.78 Å². The second-order valence-corrected chi connectivity index (χ2v) is 7.34. The molecule has 0 bridgehead atoms. The summed E-state index contributed by atoms with van der Waals surface area (Å²) >= 11 is 3.25. The molecule has 0 saturated carbocycles. The van der Waals surface area contributed by atoms with E-state index in [9.17, 15) is 9.59 Å². The Bertz CT molecular complexity index is 825. The van der Waals surface area contributed by atoms with Gasteiger partial charge in [-0.25, -0.2) is 4.79 Å². The number of nitrogens with zero attached hydrogens (tertiary/aromatic N) is 2. The SMILES string of the molecule is Cc1cc(C(=O)COC(=O)c2cncc(Br)c2)c(C)n1CC1CCCO1. The number of halogens is 1. The highest BCUT2D eigenvalue weighted by atomic mass is 79.9. The maximum Gasteiger partial charge on any atom is 0.340 e. The fraction of sp³-hybridized carbons (Fsp3) is 0.421. The molecule has 1 aliphatic heterocycles. The smallest absolute Gasteiger partial charge is 0.340 e. The van der Waals surface area contributed by atoms with Gasteiger partial charge in [-0.1, -0.05) is 0 Å². The van der Waals surface area contributed by atoms with Crippen LogP contribution in [0.3, 0.4) is 0 Å². The molecule has 26 heavy (non-hydrogen) atoms. The average Bonchev–Trinajstić information content (AvgIpc) is 3.23. The maximum absolute atomic E-state index is 12.5. The van der Waals surface area contributed by atoms with E-state index >= 15 is 0 Å². The van der Waals surface area contributed by atoms with Crippen molar-refractivity contribution in [2.24, 2.45) is 0 Å². The summed E-state index contributed by atoms with van der Waals surface area (Å²) in [5, 5.41) is 0. The van der Waals surface area contributed by atoms with Gasteiger partial charge in [-0.05, 0) is 54.8 Å². The number of pyridine rings is 1. The average molecular weight is 421 g/mol. The fourth-order valence-electron chi connectivity index (χ4n) is 3.17. The molecule has 2 aromatic heterocycles. The van der Waals surface area contributed by atoms with E-state index in [1.54, 1.807) is 12.3 Å². The van der Waals surface area contributed by atoms with Crippen LogP contribution in [-0.4, -0.2) is 40.6 Å². The first kappa shape index (κ1) is 18.8. The number of carbonyl (C=O) groups is 2. The van der Waals surface area contributed by atoms with Gasteiger partial charge in [-0.15, -0.1) is 0 Å². The van der Waals surface area contributed by atoms with E-state index in [4.69, 9.17) is 9.47 Å². The summed E-state index contributed by atoms with van der Waals surface area (Å²) < 4.78 is 13.6. The largest absolute Gasteiger partial charge is 0.454 e. The van der Waals surface area contributed by atoms with Gasteiger partial charge in [0.05, 0.1) is 11.7 Å². The Balaban J connectivity index is 1.65. The Morgan fingerprint density at radius 3 is 2.85 bits per heavy atom. The van der Waals surface area contributed by atoms with Crippen molar-refractivity contribution in [3.05, 3.63) is 51.5 Å². The summed E-state index contributed by atoms with van der Waals surface area (Å²) in [5.74, 6) is -0.784. The predicted octanol–water partition coefficient (Wildman–Crippen LogP) is 3.48. The quantitative estimate of drug-likeness (QED) is 0.528. The number of Topliss-reactive ketones (excluding diaryl/α,β-unsaturated/α-hetero) is 1. The third kappa shape index (κ3) is 4.22.